The highest BCUT2D eigenvalue weighted by Gasteiger charge is 2.43. The van der Waals surface area contributed by atoms with Gasteiger partial charge in [-0.15, -0.1) is 11.3 Å². The fourth-order valence-electron chi connectivity index (χ4n) is 4.57. The van der Waals surface area contributed by atoms with Crippen molar-refractivity contribution >= 4 is 34.7 Å². The van der Waals surface area contributed by atoms with Crippen LogP contribution in [0, 0.1) is 0 Å². The number of benzene rings is 1. The van der Waals surface area contributed by atoms with Gasteiger partial charge in [-0.1, -0.05) is 37.6 Å². The highest BCUT2D eigenvalue weighted by Crippen LogP contribution is 2.37. The van der Waals surface area contributed by atoms with Gasteiger partial charge in [0, 0.05) is 32.5 Å². The number of hydrogen-bond acceptors (Lipinski definition) is 6. The minimum absolute atomic E-state index is 0.0618. The van der Waals surface area contributed by atoms with Gasteiger partial charge in [0.05, 0.1) is 5.69 Å². The second-order valence-corrected chi connectivity index (χ2v) is 9.14. The lowest BCUT2D eigenvalue weighted by Gasteiger charge is -2.39. The average molecular weight is 438 g/mol. The number of carbonyl (C=O) groups is 2. The molecule has 2 amide bonds. The van der Waals surface area contributed by atoms with Crippen molar-refractivity contribution in [2.45, 2.75) is 51.9 Å². The third-order valence-electron chi connectivity index (χ3n) is 6.28. The van der Waals surface area contributed by atoms with E-state index in [-0.39, 0.29) is 18.1 Å². The minimum atomic E-state index is -0.298. The van der Waals surface area contributed by atoms with Crippen molar-refractivity contribution in [3.63, 3.8) is 0 Å². The fraction of sp³-hybridized carbons (Fsp3) is 0.435. The lowest BCUT2D eigenvalue weighted by atomic mass is 9.99. The van der Waals surface area contributed by atoms with Gasteiger partial charge >= 0.3 is 0 Å². The molecule has 7 nitrogen and oxygen atoms in total. The molecule has 0 radical (unpaired) electrons. The standard InChI is InChI=1S/C23H27N5O2S/c1-2-3-12-27-22(30)21-18(11-14-31-21)28-19(24-25-23(27)28)8-9-20(29)26-13-10-16-6-4-5-7-17(16)15-26/h4-7,11,14,23,25H,2-3,8-10,12-13,15H2,1H3. The first kappa shape index (κ1) is 20.1. The van der Waals surface area contributed by atoms with E-state index in [1.165, 1.54) is 22.5 Å². The van der Waals surface area contributed by atoms with Crippen LogP contribution in [0.15, 0.2) is 40.8 Å². The molecule has 1 aromatic heterocycles. The van der Waals surface area contributed by atoms with Gasteiger partial charge in [0.2, 0.25) is 12.2 Å². The number of amides is 2. The molecule has 1 aromatic carbocycles. The Hall–Kier alpha value is -2.87. The van der Waals surface area contributed by atoms with Crippen LogP contribution in [0.5, 0.6) is 0 Å². The number of thiophene rings is 1. The molecule has 5 rings (SSSR count). The van der Waals surface area contributed by atoms with Gasteiger partial charge < -0.3 is 4.90 Å². The van der Waals surface area contributed by atoms with Crippen molar-refractivity contribution in [2.75, 3.05) is 18.0 Å². The molecule has 162 valence electrons. The quantitative estimate of drug-likeness (QED) is 0.752. The SMILES string of the molecule is CCCCN1C(=O)c2sccc2N2C(CCC(=O)N3CCc4ccccc4C3)=NNC12. The van der Waals surface area contributed by atoms with Crippen molar-refractivity contribution in [3.05, 3.63) is 51.7 Å². The summed E-state index contributed by atoms with van der Waals surface area (Å²) in [5, 5.41) is 6.49. The number of nitrogens with one attached hydrogen (secondary N) is 1. The first-order valence-corrected chi connectivity index (χ1v) is 11.9. The molecule has 31 heavy (non-hydrogen) atoms. The minimum Gasteiger partial charge on any atom is -0.338 e. The first-order chi connectivity index (χ1) is 15.2. The maximum Gasteiger partial charge on any atom is 0.269 e. The number of anilines is 1. The smallest absolute Gasteiger partial charge is 0.269 e. The van der Waals surface area contributed by atoms with E-state index in [1.807, 2.05) is 27.3 Å². The molecule has 3 aliphatic heterocycles. The van der Waals surface area contributed by atoms with E-state index in [9.17, 15) is 9.59 Å². The van der Waals surface area contributed by atoms with Crippen LogP contribution in [0.25, 0.3) is 0 Å². The number of fused-ring (bicyclic) bond motifs is 4. The molecule has 4 heterocycles. The Balaban J connectivity index is 1.27. The number of unbranched alkanes of at least 4 members (excludes halogenated alkanes) is 1. The van der Waals surface area contributed by atoms with E-state index in [0.29, 0.717) is 25.9 Å². The number of nitrogens with zero attached hydrogens (tertiary/aromatic N) is 4. The Kier molecular flexibility index (Phi) is 5.40. The summed E-state index contributed by atoms with van der Waals surface area (Å²) in [5.74, 6) is 1.04. The zero-order valence-electron chi connectivity index (χ0n) is 17.7. The summed E-state index contributed by atoms with van der Waals surface area (Å²) >= 11 is 1.47. The van der Waals surface area contributed by atoms with Gasteiger partial charge in [-0.3, -0.25) is 24.8 Å². The molecule has 2 aromatic rings. The molecule has 1 atom stereocenters. The lowest BCUT2D eigenvalue weighted by Crippen LogP contribution is -2.58. The molecule has 3 aliphatic rings. The average Bonchev–Trinajstić information content (AvgIpc) is 3.44. The summed E-state index contributed by atoms with van der Waals surface area (Å²) in [6, 6.07) is 10.3. The monoisotopic (exact) mass is 437 g/mol. The summed E-state index contributed by atoms with van der Waals surface area (Å²) in [6.07, 6.45) is 3.54. The first-order valence-electron chi connectivity index (χ1n) is 11.0. The molecule has 0 aliphatic carbocycles. The van der Waals surface area contributed by atoms with E-state index < -0.39 is 0 Å². The lowest BCUT2D eigenvalue weighted by molar-refractivity contribution is -0.131. The predicted octanol–water partition coefficient (Wildman–Crippen LogP) is 3.38. The fourth-order valence-corrected chi connectivity index (χ4v) is 5.41. The molecule has 0 spiro atoms. The van der Waals surface area contributed by atoms with E-state index in [4.69, 9.17) is 0 Å². The van der Waals surface area contributed by atoms with Crippen LogP contribution >= 0.6 is 11.3 Å². The molecule has 8 heteroatoms. The van der Waals surface area contributed by atoms with Crippen molar-refractivity contribution in [1.82, 2.24) is 15.2 Å². The van der Waals surface area contributed by atoms with Gasteiger partial charge in [-0.05, 0) is 35.4 Å². The molecule has 0 fully saturated rings. The largest absolute Gasteiger partial charge is 0.338 e. The summed E-state index contributed by atoms with van der Waals surface area (Å²) in [7, 11) is 0. The van der Waals surface area contributed by atoms with E-state index in [2.05, 4.69) is 40.5 Å². The van der Waals surface area contributed by atoms with Crippen molar-refractivity contribution in [1.29, 1.82) is 0 Å². The van der Waals surface area contributed by atoms with Gasteiger partial charge in [0.15, 0.2) is 0 Å². The maximum absolute atomic E-state index is 13.0. The Labute approximate surface area is 186 Å². The van der Waals surface area contributed by atoms with Gasteiger partial charge in [-0.2, -0.15) is 5.10 Å². The summed E-state index contributed by atoms with van der Waals surface area (Å²) in [5.41, 5.74) is 6.63. The normalized spacial score (nSPS) is 19.5. The highest BCUT2D eigenvalue weighted by molar-refractivity contribution is 7.12. The number of hydrazone groups is 1. The molecule has 1 unspecified atom stereocenters. The van der Waals surface area contributed by atoms with Crippen LogP contribution in [0.2, 0.25) is 0 Å². The van der Waals surface area contributed by atoms with Crippen LogP contribution in [0.1, 0.15) is 53.4 Å². The Morgan fingerprint density at radius 1 is 1.26 bits per heavy atom. The number of amidine groups is 1. The van der Waals surface area contributed by atoms with Crippen LogP contribution in [0.3, 0.4) is 0 Å². The summed E-state index contributed by atoms with van der Waals surface area (Å²) < 4.78 is 0. The van der Waals surface area contributed by atoms with Crippen LogP contribution in [-0.4, -0.2) is 46.8 Å². The summed E-state index contributed by atoms with van der Waals surface area (Å²) in [4.78, 5) is 32.6. The second-order valence-electron chi connectivity index (χ2n) is 8.22. The third kappa shape index (κ3) is 3.59. The molecule has 0 saturated heterocycles. The van der Waals surface area contributed by atoms with Crippen LogP contribution in [0.4, 0.5) is 5.69 Å². The Bertz CT molecular complexity index is 1030. The van der Waals surface area contributed by atoms with Gasteiger partial charge in [0.1, 0.15) is 10.7 Å². The van der Waals surface area contributed by atoms with E-state index in [1.54, 1.807) is 0 Å². The number of hydrogen-bond donors (Lipinski definition) is 1. The molecule has 0 saturated carbocycles. The predicted molar refractivity (Wildman–Crippen MR) is 122 cm³/mol. The topological polar surface area (TPSA) is 68.2 Å². The van der Waals surface area contributed by atoms with Crippen molar-refractivity contribution < 1.29 is 9.59 Å². The van der Waals surface area contributed by atoms with E-state index >= 15 is 0 Å². The Morgan fingerprint density at radius 3 is 2.94 bits per heavy atom. The van der Waals surface area contributed by atoms with Crippen molar-refractivity contribution in [2.24, 2.45) is 5.10 Å². The van der Waals surface area contributed by atoms with Crippen molar-refractivity contribution in [3.8, 4) is 0 Å². The zero-order valence-corrected chi connectivity index (χ0v) is 18.5. The van der Waals surface area contributed by atoms with E-state index in [0.717, 1.165) is 42.2 Å². The van der Waals surface area contributed by atoms with Gasteiger partial charge in [-0.25, -0.2) is 0 Å². The van der Waals surface area contributed by atoms with Gasteiger partial charge in [0.25, 0.3) is 5.91 Å². The summed E-state index contributed by atoms with van der Waals surface area (Å²) in [6.45, 7) is 4.26. The molecular weight excluding hydrogens is 410 g/mol. The molecular formula is C23H27N5O2S. The molecule has 1 N–H and O–H groups in total. The van der Waals surface area contributed by atoms with Crippen LogP contribution < -0.4 is 10.3 Å². The highest BCUT2D eigenvalue weighted by atomic mass is 32.1. The second kappa shape index (κ2) is 8.34. The number of carbonyl (C=O) groups excluding carboxylic acids is 2. The number of rotatable bonds is 6. The zero-order chi connectivity index (χ0) is 21.4. The third-order valence-corrected chi connectivity index (χ3v) is 7.18. The van der Waals surface area contributed by atoms with Crippen LogP contribution in [-0.2, 0) is 17.8 Å². The maximum atomic E-state index is 13.0. The Morgan fingerprint density at radius 2 is 2.10 bits per heavy atom. The molecule has 0 bridgehead atoms.